The van der Waals surface area contributed by atoms with E-state index in [0.717, 1.165) is 6.07 Å². The van der Waals surface area contributed by atoms with E-state index in [1.807, 2.05) is 0 Å². The fourth-order valence-electron chi connectivity index (χ4n) is 1.15. The molecule has 0 saturated carbocycles. The normalized spacial score (nSPS) is 11.4. The Morgan fingerprint density at radius 1 is 1.44 bits per heavy atom. The van der Waals surface area contributed by atoms with Gasteiger partial charge >= 0.3 is 5.97 Å². The molecule has 0 aliphatic carbocycles. The van der Waals surface area contributed by atoms with Crippen LogP contribution in [-0.4, -0.2) is 26.5 Å². The molecule has 0 aliphatic heterocycles. The lowest BCUT2D eigenvalue weighted by Crippen LogP contribution is -2.19. The van der Waals surface area contributed by atoms with Crippen LogP contribution in [0.1, 0.15) is 15.9 Å². The Hall–Kier alpha value is -0.920. The largest absolute Gasteiger partial charge is 0.478 e. The predicted molar refractivity (Wildman–Crippen MR) is 62.1 cm³/mol. The van der Waals surface area contributed by atoms with E-state index >= 15 is 0 Å². The minimum absolute atomic E-state index is 0.0387. The number of sulfonamides is 1. The zero-order valence-corrected chi connectivity index (χ0v) is 11.0. The molecule has 0 unspecified atom stereocenters. The second kappa shape index (κ2) is 4.52. The molecule has 1 aromatic rings. The topological polar surface area (TPSA) is 83.5 Å². The molecular formula is C9H10BrNO4S. The van der Waals surface area contributed by atoms with Crippen LogP contribution >= 0.6 is 15.9 Å². The molecule has 7 heteroatoms. The molecular weight excluding hydrogens is 298 g/mol. The van der Waals surface area contributed by atoms with Crippen molar-refractivity contribution < 1.29 is 18.3 Å². The quantitative estimate of drug-likeness (QED) is 0.883. The van der Waals surface area contributed by atoms with Crippen molar-refractivity contribution in [1.29, 1.82) is 0 Å². The fraction of sp³-hybridized carbons (Fsp3) is 0.222. The molecule has 0 heterocycles. The van der Waals surface area contributed by atoms with Crippen molar-refractivity contribution in [2.75, 3.05) is 7.05 Å². The van der Waals surface area contributed by atoms with E-state index in [4.69, 9.17) is 5.11 Å². The zero-order valence-electron chi connectivity index (χ0n) is 8.61. The van der Waals surface area contributed by atoms with Crippen molar-refractivity contribution in [2.24, 2.45) is 0 Å². The van der Waals surface area contributed by atoms with Gasteiger partial charge in [-0.25, -0.2) is 17.9 Å². The minimum atomic E-state index is -3.64. The van der Waals surface area contributed by atoms with Crippen molar-refractivity contribution in [2.45, 2.75) is 11.8 Å². The summed E-state index contributed by atoms with van der Waals surface area (Å²) in [5.41, 5.74) is 0.450. The number of aromatic carboxylic acids is 1. The monoisotopic (exact) mass is 307 g/mol. The van der Waals surface area contributed by atoms with Gasteiger partial charge in [0.1, 0.15) is 0 Å². The van der Waals surface area contributed by atoms with Gasteiger partial charge < -0.3 is 5.11 Å². The summed E-state index contributed by atoms with van der Waals surface area (Å²) in [5.74, 6) is -1.16. The molecule has 0 radical (unpaired) electrons. The Labute approximate surface area is 102 Å². The number of benzene rings is 1. The zero-order chi connectivity index (χ0) is 12.5. The number of hydrogen-bond acceptors (Lipinski definition) is 3. The molecule has 88 valence electrons. The van der Waals surface area contributed by atoms with Crippen LogP contribution in [0.2, 0.25) is 0 Å². The van der Waals surface area contributed by atoms with Gasteiger partial charge in [-0.1, -0.05) is 15.9 Å². The second-order valence-corrected chi connectivity index (χ2v) is 5.83. The Morgan fingerprint density at radius 3 is 2.44 bits per heavy atom. The van der Waals surface area contributed by atoms with Crippen molar-refractivity contribution in [3.05, 3.63) is 27.7 Å². The summed E-state index contributed by atoms with van der Waals surface area (Å²) < 4.78 is 25.6. The third-order valence-electron chi connectivity index (χ3n) is 2.13. The summed E-state index contributed by atoms with van der Waals surface area (Å²) in [6, 6.07) is 2.50. The van der Waals surface area contributed by atoms with Gasteiger partial charge in [-0.15, -0.1) is 0 Å². The first-order valence-corrected chi connectivity index (χ1v) is 6.54. The average Bonchev–Trinajstić information content (AvgIpc) is 2.21. The van der Waals surface area contributed by atoms with Crippen molar-refractivity contribution in [3.8, 4) is 0 Å². The van der Waals surface area contributed by atoms with E-state index in [0.29, 0.717) is 10.0 Å². The Balaban J connectivity index is 3.53. The molecule has 1 rings (SSSR count). The smallest absolute Gasteiger partial charge is 0.336 e. The van der Waals surface area contributed by atoms with E-state index in [1.165, 1.54) is 13.1 Å². The highest BCUT2D eigenvalue weighted by molar-refractivity contribution is 9.10. The van der Waals surface area contributed by atoms with Gasteiger partial charge in [-0.2, -0.15) is 0 Å². The number of rotatable bonds is 3. The summed E-state index contributed by atoms with van der Waals surface area (Å²) in [6.07, 6.45) is 0. The van der Waals surface area contributed by atoms with Gasteiger partial charge in [-0.3, -0.25) is 0 Å². The SMILES string of the molecule is CNS(=O)(=O)c1cc(Br)c(C)c(C(=O)O)c1. The van der Waals surface area contributed by atoms with Crippen LogP contribution in [0.4, 0.5) is 0 Å². The van der Waals surface area contributed by atoms with Gasteiger partial charge in [0.25, 0.3) is 0 Å². The lowest BCUT2D eigenvalue weighted by atomic mass is 10.1. The summed E-state index contributed by atoms with van der Waals surface area (Å²) in [4.78, 5) is 10.8. The highest BCUT2D eigenvalue weighted by Gasteiger charge is 2.18. The molecule has 0 bridgehead atoms. The number of carbonyl (C=O) groups is 1. The highest BCUT2D eigenvalue weighted by Crippen LogP contribution is 2.24. The predicted octanol–water partition coefficient (Wildman–Crippen LogP) is 1.36. The minimum Gasteiger partial charge on any atom is -0.478 e. The Bertz CT molecular complexity index is 539. The molecule has 1 aromatic carbocycles. The van der Waals surface area contributed by atoms with Crippen LogP contribution < -0.4 is 4.72 Å². The van der Waals surface area contributed by atoms with Gasteiger partial charge in [-0.05, 0) is 31.7 Å². The maximum atomic E-state index is 11.5. The average molecular weight is 308 g/mol. The number of hydrogen-bond donors (Lipinski definition) is 2. The fourth-order valence-corrected chi connectivity index (χ4v) is 2.54. The van der Waals surface area contributed by atoms with E-state index in [2.05, 4.69) is 20.7 Å². The molecule has 5 nitrogen and oxygen atoms in total. The molecule has 0 atom stereocenters. The first kappa shape index (κ1) is 13.1. The summed E-state index contributed by atoms with van der Waals surface area (Å²) in [5, 5.41) is 8.92. The lowest BCUT2D eigenvalue weighted by molar-refractivity contribution is 0.0695. The van der Waals surface area contributed by atoms with Crippen LogP contribution in [0.5, 0.6) is 0 Å². The maximum absolute atomic E-state index is 11.5. The first-order valence-electron chi connectivity index (χ1n) is 4.26. The van der Waals surface area contributed by atoms with Crippen LogP contribution in [-0.2, 0) is 10.0 Å². The second-order valence-electron chi connectivity index (χ2n) is 3.09. The number of carboxylic acids is 1. The van der Waals surface area contributed by atoms with Crippen molar-refractivity contribution in [3.63, 3.8) is 0 Å². The third-order valence-corrected chi connectivity index (χ3v) is 4.34. The molecule has 0 amide bonds. The summed E-state index contributed by atoms with van der Waals surface area (Å²) in [7, 11) is -2.37. The summed E-state index contributed by atoms with van der Waals surface area (Å²) in [6.45, 7) is 1.60. The van der Waals surface area contributed by atoms with E-state index in [9.17, 15) is 13.2 Å². The molecule has 0 aromatic heterocycles. The number of carboxylic acid groups (broad SMARTS) is 1. The van der Waals surface area contributed by atoms with E-state index < -0.39 is 16.0 Å². The lowest BCUT2D eigenvalue weighted by Gasteiger charge is -2.08. The maximum Gasteiger partial charge on any atom is 0.336 e. The summed E-state index contributed by atoms with van der Waals surface area (Å²) >= 11 is 3.13. The van der Waals surface area contributed by atoms with Crippen LogP contribution in [0.15, 0.2) is 21.5 Å². The molecule has 0 spiro atoms. The first-order chi connectivity index (χ1) is 7.29. The van der Waals surface area contributed by atoms with Crippen molar-refractivity contribution >= 4 is 31.9 Å². The van der Waals surface area contributed by atoms with Crippen LogP contribution in [0.25, 0.3) is 0 Å². The van der Waals surface area contributed by atoms with Gasteiger partial charge in [0, 0.05) is 4.47 Å². The molecule has 0 saturated heterocycles. The van der Waals surface area contributed by atoms with Crippen LogP contribution in [0.3, 0.4) is 0 Å². The van der Waals surface area contributed by atoms with Gasteiger partial charge in [0.05, 0.1) is 10.5 Å². The van der Waals surface area contributed by atoms with Gasteiger partial charge in [0.2, 0.25) is 10.0 Å². The van der Waals surface area contributed by atoms with Crippen molar-refractivity contribution in [1.82, 2.24) is 4.72 Å². The Kier molecular flexibility index (Phi) is 3.72. The number of nitrogens with one attached hydrogen (secondary N) is 1. The standard InChI is InChI=1S/C9H10BrNO4S/c1-5-7(9(12)13)3-6(4-8(5)10)16(14,15)11-2/h3-4,11H,1-2H3,(H,12,13). The highest BCUT2D eigenvalue weighted by atomic mass is 79.9. The van der Waals surface area contributed by atoms with E-state index in [1.54, 1.807) is 6.92 Å². The molecule has 2 N–H and O–H groups in total. The van der Waals surface area contributed by atoms with E-state index in [-0.39, 0.29) is 10.5 Å². The Morgan fingerprint density at radius 2 is 2.00 bits per heavy atom. The molecule has 0 aliphatic rings. The molecule has 16 heavy (non-hydrogen) atoms. The number of halogens is 1. The molecule has 0 fully saturated rings. The van der Waals surface area contributed by atoms with Gasteiger partial charge in [0.15, 0.2) is 0 Å². The van der Waals surface area contributed by atoms with Crippen LogP contribution in [0, 0.1) is 6.92 Å². The third kappa shape index (κ3) is 2.42.